The summed E-state index contributed by atoms with van der Waals surface area (Å²) in [5.74, 6) is 0.754. The maximum absolute atomic E-state index is 11.9. The Hall–Kier alpha value is -2.17. The van der Waals surface area contributed by atoms with Crippen LogP contribution in [0.1, 0.15) is 33.3 Å². The predicted octanol–water partition coefficient (Wildman–Crippen LogP) is 1.92. The summed E-state index contributed by atoms with van der Waals surface area (Å²) in [5.41, 5.74) is 2.89. The van der Waals surface area contributed by atoms with Gasteiger partial charge in [-0.3, -0.25) is 4.79 Å². The molecule has 94 valence electrons. The van der Waals surface area contributed by atoms with E-state index in [4.69, 9.17) is 4.42 Å². The molecule has 0 saturated heterocycles. The van der Waals surface area contributed by atoms with Crippen molar-refractivity contribution in [2.45, 2.75) is 27.3 Å². The largest absolute Gasteiger partial charge is 0.424 e. The van der Waals surface area contributed by atoms with Crippen LogP contribution in [0.4, 0.5) is 0 Å². The predicted molar refractivity (Wildman–Crippen MR) is 66.1 cm³/mol. The van der Waals surface area contributed by atoms with Crippen LogP contribution < -0.4 is 5.32 Å². The first-order valence-electron chi connectivity index (χ1n) is 5.70. The van der Waals surface area contributed by atoms with Gasteiger partial charge in [0.05, 0.1) is 6.54 Å². The first-order valence-corrected chi connectivity index (χ1v) is 5.70. The Morgan fingerprint density at radius 2 is 2.00 bits per heavy atom. The standard InChI is InChI=1S/C13H15N3O2/c1-8-4-5-11(6-9(8)2)13(17)14-7-12-16-15-10(3)18-12/h4-6H,7H2,1-3H3,(H,14,17). The van der Waals surface area contributed by atoms with Crippen molar-refractivity contribution in [2.75, 3.05) is 0 Å². The second-order valence-corrected chi connectivity index (χ2v) is 4.20. The second-order valence-electron chi connectivity index (χ2n) is 4.20. The average molecular weight is 245 g/mol. The number of benzene rings is 1. The fraction of sp³-hybridized carbons (Fsp3) is 0.308. The van der Waals surface area contributed by atoms with Crippen molar-refractivity contribution in [3.05, 3.63) is 46.7 Å². The topological polar surface area (TPSA) is 68.0 Å². The Kier molecular flexibility index (Phi) is 3.41. The number of carbonyl (C=O) groups excluding carboxylic acids is 1. The summed E-state index contributed by atoms with van der Waals surface area (Å²) in [7, 11) is 0. The molecule has 0 aliphatic heterocycles. The molecular weight excluding hydrogens is 230 g/mol. The van der Waals surface area contributed by atoms with E-state index in [2.05, 4.69) is 15.5 Å². The third-order valence-corrected chi connectivity index (χ3v) is 2.74. The molecule has 0 aliphatic rings. The Morgan fingerprint density at radius 3 is 2.61 bits per heavy atom. The monoisotopic (exact) mass is 245 g/mol. The maximum atomic E-state index is 11.9. The van der Waals surface area contributed by atoms with Crippen molar-refractivity contribution in [1.29, 1.82) is 0 Å². The van der Waals surface area contributed by atoms with Crippen LogP contribution in [0, 0.1) is 20.8 Å². The number of rotatable bonds is 3. The Balaban J connectivity index is 2.01. The van der Waals surface area contributed by atoms with Crippen molar-refractivity contribution in [3.63, 3.8) is 0 Å². The van der Waals surface area contributed by atoms with Crippen molar-refractivity contribution in [3.8, 4) is 0 Å². The fourth-order valence-corrected chi connectivity index (χ4v) is 1.55. The van der Waals surface area contributed by atoms with E-state index in [1.165, 1.54) is 5.56 Å². The Bertz CT molecular complexity index is 575. The van der Waals surface area contributed by atoms with E-state index in [1.807, 2.05) is 26.0 Å². The van der Waals surface area contributed by atoms with E-state index in [-0.39, 0.29) is 12.5 Å². The van der Waals surface area contributed by atoms with Gasteiger partial charge in [-0.2, -0.15) is 0 Å². The summed E-state index contributed by atoms with van der Waals surface area (Å²) in [4.78, 5) is 11.9. The van der Waals surface area contributed by atoms with Crippen LogP contribution in [-0.4, -0.2) is 16.1 Å². The summed E-state index contributed by atoms with van der Waals surface area (Å²) >= 11 is 0. The minimum atomic E-state index is -0.144. The minimum Gasteiger partial charge on any atom is -0.424 e. The van der Waals surface area contributed by atoms with E-state index in [0.717, 1.165) is 5.56 Å². The van der Waals surface area contributed by atoms with Gasteiger partial charge in [0.2, 0.25) is 11.8 Å². The van der Waals surface area contributed by atoms with E-state index in [0.29, 0.717) is 17.3 Å². The van der Waals surface area contributed by atoms with Crippen LogP contribution >= 0.6 is 0 Å². The molecule has 1 amide bonds. The van der Waals surface area contributed by atoms with Crippen LogP contribution in [0.2, 0.25) is 0 Å². The van der Waals surface area contributed by atoms with Gasteiger partial charge in [-0.15, -0.1) is 10.2 Å². The molecule has 5 heteroatoms. The van der Waals surface area contributed by atoms with Crippen LogP contribution in [-0.2, 0) is 6.54 Å². The summed E-state index contributed by atoms with van der Waals surface area (Å²) in [5, 5.41) is 10.2. The van der Waals surface area contributed by atoms with Crippen molar-refractivity contribution in [2.24, 2.45) is 0 Å². The van der Waals surface area contributed by atoms with Gasteiger partial charge in [-0.1, -0.05) is 6.07 Å². The molecule has 1 aromatic carbocycles. The molecule has 18 heavy (non-hydrogen) atoms. The molecule has 0 spiro atoms. The first-order chi connectivity index (χ1) is 8.56. The van der Waals surface area contributed by atoms with Crippen LogP contribution in [0.25, 0.3) is 0 Å². The number of amides is 1. The molecule has 1 N–H and O–H groups in total. The molecule has 2 aromatic rings. The third kappa shape index (κ3) is 2.74. The Morgan fingerprint density at radius 1 is 1.22 bits per heavy atom. The summed E-state index contributed by atoms with van der Waals surface area (Å²) in [6.07, 6.45) is 0. The van der Waals surface area contributed by atoms with Crippen LogP contribution in [0.3, 0.4) is 0 Å². The lowest BCUT2D eigenvalue weighted by Crippen LogP contribution is -2.23. The van der Waals surface area contributed by atoms with Gasteiger partial charge in [0.1, 0.15) is 0 Å². The normalized spacial score (nSPS) is 10.4. The van der Waals surface area contributed by atoms with Crippen molar-refractivity contribution >= 4 is 5.91 Å². The SMILES string of the molecule is Cc1nnc(CNC(=O)c2ccc(C)c(C)c2)o1. The zero-order chi connectivity index (χ0) is 13.1. The lowest BCUT2D eigenvalue weighted by atomic mass is 10.1. The highest BCUT2D eigenvalue weighted by Gasteiger charge is 2.08. The average Bonchev–Trinajstić information content (AvgIpc) is 2.75. The molecule has 0 saturated carbocycles. The number of hydrogen-bond acceptors (Lipinski definition) is 4. The van der Waals surface area contributed by atoms with Gasteiger partial charge in [-0.25, -0.2) is 0 Å². The number of carbonyl (C=O) groups is 1. The molecule has 1 heterocycles. The lowest BCUT2D eigenvalue weighted by molar-refractivity contribution is 0.0947. The molecule has 0 radical (unpaired) electrons. The fourth-order valence-electron chi connectivity index (χ4n) is 1.55. The first kappa shape index (κ1) is 12.3. The van der Waals surface area contributed by atoms with E-state index in [1.54, 1.807) is 13.0 Å². The molecular formula is C13H15N3O2. The zero-order valence-corrected chi connectivity index (χ0v) is 10.7. The van der Waals surface area contributed by atoms with E-state index in [9.17, 15) is 4.79 Å². The van der Waals surface area contributed by atoms with Gasteiger partial charge >= 0.3 is 0 Å². The molecule has 5 nitrogen and oxygen atoms in total. The molecule has 2 rings (SSSR count). The number of hydrogen-bond donors (Lipinski definition) is 1. The van der Waals surface area contributed by atoms with Gasteiger partial charge < -0.3 is 9.73 Å². The number of nitrogens with one attached hydrogen (secondary N) is 1. The quantitative estimate of drug-likeness (QED) is 0.897. The zero-order valence-electron chi connectivity index (χ0n) is 10.7. The van der Waals surface area contributed by atoms with Gasteiger partial charge in [0.25, 0.3) is 5.91 Å². The van der Waals surface area contributed by atoms with E-state index < -0.39 is 0 Å². The van der Waals surface area contributed by atoms with Crippen LogP contribution in [0.15, 0.2) is 22.6 Å². The summed E-state index contributed by atoms with van der Waals surface area (Å²) in [6.45, 7) is 5.94. The highest BCUT2D eigenvalue weighted by molar-refractivity contribution is 5.94. The summed E-state index contributed by atoms with van der Waals surface area (Å²) in [6, 6.07) is 5.60. The molecule has 0 unspecified atom stereocenters. The minimum absolute atomic E-state index is 0.144. The number of aromatic nitrogens is 2. The molecule has 0 fully saturated rings. The molecule has 0 aliphatic carbocycles. The lowest BCUT2D eigenvalue weighted by Gasteiger charge is -2.05. The number of nitrogens with zero attached hydrogens (tertiary/aromatic N) is 2. The smallest absolute Gasteiger partial charge is 0.251 e. The van der Waals surface area contributed by atoms with Crippen molar-refractivity contribution in [1.82, 2.24) is 15.5 Å². The maximum Gasteiger partial charge on any atom is 0.251 e. The third-order valence-electron chi connectivity index (χ3n) is 2.74. The molecule has 0 atom stereocenters. The van der Waals surface area contributed by atoms with Crippen LogP contribution in [0.5, 0.6) is 0 Å². The molecule has 0 bridgehead atoms. The number of aryl methyl sites for hydroxylation is 3. The second kappa shape index (κ2) is 5.00. The van der Waals surface area contributed by atoms with Gasteiger partial charge in [0.15, 0.2) is 0 Å². The van der Waals surface area contributed by atoms with Gasteiger partial charge in [-0.05, 0) is 37.1 Å². The highest BCUT2D eigenvalue weighted by atomic mass is 16.4. The van der Waals surface area contributed by atoms with E-state index >= 15 is 0 Å². The Labute approximate surface area is 105 Å². The van der Waals surface area contributed by atoms with Gasteiger partial charge in [0, 0.05) is 12.5 Å². The summed E-state index contributed by atoms with van der Waals surface area (Å²) < 4.78 is 5.18. The van der Waals surface area contributed by atoms with Crippen molar-refractivity contribution < 1.29 is 9.21 Å². The highest BCUT2D eigenvalue weighted by Crippen LogP contribution is 2.09. The molecule has 1 aromatic heterocycles.